The Morgan fingerprint density at radius 1 is 0.962 bits per heavy atom. The van der Waals surface area contributed by atoms with Gasteiger partial charge in [0.1, 0.15) is 6.61 Å². The van der Waals surface area contributed by atoms with Gasteiger partial charge in [0.25, 0.3) is 0 Å². The minimum Gasteiger partial charge on any atom is -0.481 e. The number of unbranched alkanes of at least 4 members (excludes halogenated alkanes) is 11. The van der Waals surface area contributed by atoms with Crippen molar-refractivity contribution in [3.05, 3.63) is 24.8 Å². The third kappa shape index (κ3) is 15.9. The Bertz CT molecular complexity index is 401. The molecule has 4 heteroatoms. The highest BCUT2D eigenvalue weighted by Gasteiger charge is 2.19. The molecule has 0 fully saturated rings. The van der Waals surface area contributed by atoms with Gasteiger partial charge in [0.05, 0.1) is 12.3 Å². The van der Waals surface area contributed by atoms with E-state index in [0.29, 0.717) is 0 Å². The van der Waals surface area contributed by atoms with Crippen LogP contribution in [0.4, 0.5) is 0 Å². The molecule has 1 N–H and O–H groups in total. The summed E-state index contributed by atoms with van der Waals surface area (Å²) < 4.78 is 4.95. The van der Waals surface area contributed by atoms with Crippen LogP contribution in [0.3, 0.4) is 0 Å². The van der Waals surface area contributed by atoms with E-state index in [1.165, 1.54) is 70.3 Å². The predicted molar refractivity (Wildman–Crippen MR) is 107 cm³/mol. The molecule has 26 heavy (non-hydrogen) atoms. The van der Waals surface area contributed by atoms with Gasteiger partial charge in [0.15, 0.2) is 0 Å². The summed E-state index contributed by atoms with van der Waals surface area (Å²) in [6, 6.07) is 0. The highest BCUT2D eigenvalue weighted by Crippen LogP contribution is 2.13. The van der Waals surface area contributed by atoms with E-state index in [1.807, 2.05) is 6.08 Å². The molecule has 0 saturated carbocycles. The van der Waals surface area contributed by atoms with Crippen LogP contribution >= 0.6 is 0 Å². The molecular formula is C22H38O4. The fraction of sp³-hybridized carbons (Fsp3) is 0.727. The van der Waals surface area contributed by atoms with Gasteiger partial charge < -0.3 is 9.84 Å². The Morgan fingerprint density at radius 2 is 1.50 bits per heavy atom. The van der Waals surface area contributed by atoms with Crippen molar-refractivity contribution >= 4 is 11.9 Å². The molecule has 0 bridgehead atoms. The molecule has 0 amide bonds. The molecule has 0 rings (SSSR count). The topological polar surface area (TPSA) is 63.6 Å². The lowest BCUT2D eigenvalue weighted by atomic mass is 10.0. The quantitative estimate of drug-likeness (QED) is 0.182. The lowest BCUT2D eigenvalue weighted by Crippen LogP contribution is -2.19. The van der Waals surface area contributed by atoms with Crippen molar-refractivity contribution < 1.29 is 19.4 Å². The van der Waals surface area contributed by atoms with Crippen molar-refractivity contribution in [3.63, 3.8) is 0 Å². The Labute approximate surface area is 159 Å². The smallest absolute Gasteiger partial charge is 0.313 e. The molecule has 0 heterocycles. The van der Waals surface area contributed by atoms with Gasteiger partial charge >= 0.3 is 11.9 Å². The SMILES string of the molecule is C=CCOC(=O)C(C=CCCCCCCCCCCCCC)CC(=O)O. The van der Waals surface area contributed by atoms with E-state index in [4.69, 9.17) is 9.84 Å². The normalized spacial score (nSPS) is 12.2. The minimum atomic E-state index is -0.995. The average molecular weight is 367 g/mol. The summed E-state index contributed by atoms with van der Waals surface area (Å²) in [7, 11) is 0. The number of esters is 1. The van der Waals surface area contributed by atoms with E-state index < -0.39 is 17.9 Å². The van der Waals surface area contributed by atoms with Gasteiger partial charge in [0, 0.05) is 0 Å². The van der Waals surface area contributed by atoms with Crippen LogP contribution in [0.25, 0.3) is 0 Å². The molecule has 0 aromatic carbocycles. The second-order valence-electron chi connectivity index (χ2n) is 6.88. The predicted octanol–water partition coefficient (Wildman–Crippen LogP) is 6.06. The van der Waals surface area contributed by atoms with Crippen LogP contribution in [0.2, 0.25) is 0 Å². The van der Waals surface area contributed by atoms with Crippen LogP contribution in [0, 0.1) is 5.92 Å². The standard InChI is InChI=1S/C22H38O4/c1-3-5-6-7-8-9-10-11-12-13-14-15-16-17-20(19-21(23)24)22(25)26-18-4-2/h4,16-17,20H,2-3,5-15,18-19H2,1H3,(H,23,24). The summed E-state index contributed by atoms with van der Waals surface area (Å²) in [5.41, 5.74) is 0. The number of hydrogen-bond acceptors (Lipinski definition) is 3. The third-order valence-corrected chi connectivity index (χ3v) is 4.38. The van der Waals surface area contributed by atoms with E-state index in [-0.39, 0.29) is 13.0 Å². The van der Waals surface area contributed by atoms with Crippen LogP contribution < -0.4 is 0 Å². The molecular weight excluding hydrogens is 328 g/mol. The van der Waals surface area contributed by atoms with Crippen molar-refractivity contribution in [2.45, 2.75) is 90.4 Å². The minimum absolute atomic E-state index is 0.112. The van der Waals surface area contributed by atoms with Crippen molar-refractivity contribution in [2.24, 2.45) is 5.92 Å². The van der Waals surface area contributed by atoms with Gasteiger partial charge in [-0.05, 0) is 12.8 Å². The first-order chi connectivity index (χ1) is 12.6. The van der Waals surface area contributed by atoms with Crippen molar-refractivity contribution in [2.75, 3.05) is 6.61 Å². The molecule has 1 atom stereocenters. The van der Waals surface area contributed by atoms with Crippen LogP contribution in [-0.4, -0.2) is 23.7 Å². The zero-order chi connectivity index (χ0) is 19.5. The fourth-order valence-corrected chi connectivity index (χ4v) is 2.85. The number of ether oxygens (including phenoxy) is 1. The van der Waals surface area contributed by atoms with Crippen LogP contribution in [0.1, 0.15) is 90.4 Å². The Morgan fingerprint density at radius 3 is 2.00 bits per heavy atom. The second kappa shape index (κ2) is 18.2. The van der Waals surface area contributed by atoms with Crippen LogP contribution in [0.15, 0.2) is 24.8 Å². The van der Waals surface area contributed by atoms with Gasteiger partial charge in [-0.3, -0.25) is 9.59 Å². The Kier molecular flexibility index (Phi) is 17.1. The summed E-state index contributed by atoms with van der Waals surface area (Å²) in [6.45, 7) is 5.84. The lowest BCUT2D eigenvalue weighted by Gasteiger charge is -2.09. The van der Waals surface area contributed by atoms with E-state index in [9.17, 15) is 9.59 Å². The van der Waals surface area contributed by atoms with E-state index >= 15 is 0 Å². The molecule has 0 aliphatic carbocycles. The van der Waals surface area contributed by atoms with Crippen molar-refractivity contribution in [1.82, 2.24) is 0 Å². The molecule has 0 spiro atoms. The molecule has 0 saturated heterocycles. The number of rotatable bonds is 18. The maximum Gasteiger partial charge on any atom is 0.313 e. The zero-order valence-corrected chi connectivity index (χ0v) is 16.6. The molecule has 0 aromatic heterocycles. The number of carboxylic acids is 1. The third-order valence-electron chi connectivity index (χ3n) is 4.38. The number of hydrogen-bond donors (Lipinski definition) is 1. The van der Waals surface area contributed by atoms with E-state index in [2.05, 4.69) is 13.5 Å². The van der Waals surface area contributed by atoms with Gasteiger partial charge in [-0.2, -0.15) is 0 Å². The monoisotopic (exact) mass is 366 g/mol. The number of allylic oxidation sites excluding steroid dienone is 1. The highest BCUT2D eigenvalue weighted by molar-refractivity contribution is 5.80. The first-order valence-corrected chi connectivity index (χ1v) is 10.3. The molecule has 1 unspecified atom stereocenters. The Hall–Kier alpha value is -1.58. The van der Waals surface area contributed by atoms with Crippen LogP contribution in [-0.2, 0) is 14.3 Å². The first kappa shape index (κ1) is 24.4. The summed E-state index contributed by atoms with van der Waals surface area (Å²) in [4.78, 5) is 22.7. The molecule has 0 aromatic rings. The zero-order valence-electron chi connectivity index (χ0n) is 16.6. The van der Waals surface area contributed by atoms with Gasteiger partial charge in [-0.25, -0.2) is 0 Å². The van der Waals surface area contributed by atoms with E-state index in [1.54, 1.807) is 6.08 Å². The molecule has 150 valence electrons. The first-order valence-electron chi connectivity index (χ1n) is 10.3. The molecule has 0 aliphatic heterocycles. The van der Waals surface area contributed by atoms with Crippen molar-refractivity contribution in [3.8, 4) is 0 Å². The fourth-order valence-electron chi connectivity index (χ4n) is 2.85. The van der Waals surface area contributed by atoms with E-state index in [0.717, 1.165) is 12.8 Å². The van der Waals surface area contributed by atoms with Gasteiger partial charge in [0.2, 0.25) is 0 Å². The summed E-state index contributed by atoms with van der Waals surface area (Å²) in [5.74, 6) is -2.20. The number of carbonyl (C=O) groups excluding carboxylic acids is 1. The van der Waals surface area contributed by atoms with Crippen LogP contribution in [0.5, 0.6) is 0 Å². The summed E-state index contributed by atoms with van der Waals surface area (Å²) in [6.07, 6.45) is 20.0. The number of aliphatic carboxylic acids is 1. The van der Waals surface area contributed by atoms with Gasteiger partial charge in [-0.15, -0.1) is 0 Å². The van der Waals surface area contributed by atoms with Crippen molar-refractivity contribution in [1.29, 1.82) is 0 Å². The number of carbonyl (C=O) groups is 2. The molecule has 0 aliphatic rings. The molecule has 0 radical (unpaired) electrons. The largest absolute Gasteiger partial charge is 0.481 e. The van der Waals surface area contributed by atoms with Gasteiger partial charge in [-0.1, -0.05) is 95.9 Å². The average Bonchev–Trinajstić information content (AvgIpc) is 2.62. The lowest BCUT2D eigenvalue weighted by molar-refractivity contribution is -0.150. The Balaban J connectivity index is 3.72. The summed E-state index contributed by atoms with van der Waals surface area (Å²) >= 11 is 0. The maximum absolute atomic E-state index is 11.8. The number of carboxylic acid groups (broad SMARTS) is 1. The molecule has 4 nitrogen and oxygen atoms in total. The highest BCUT2D eigenvalue weighted by atomic mass is 16.5. The summed E-state index contributed by atoms with van der Waals surface area (Å²) in [5, 5.41) is 8.90. The second-order valence-corrected chi connectivity index (χ2v) is 6.88. The maximum atomic E-state index is 11.8.